The molecule has 0 radical (unpaired) electrons. The lowest BCUT2D eigenvalue weighted by Gasteiger charge is -2.26. The minimum Gasteiger partial charge on any atom is -0.307 e. The van der Waals surface area contributed by atoms with Crippen LogP contribution in [-0.2, 0) is 16.4 Å². The van der Waals surface area contributed by atoms with Gasteiger partial charge >= 0.3 is 0 Å². The van der Waals surface area contributed by atoms with E-state index in [1.165, 1.54) is 0 Å². The highest BCUT2D eigenvalue weighted by Crippen LogP contribution is 2.13. The molecule has 3 rings (SSSR count). The third-order valence-corrected chi connectivity index (χ3v) is 5.55. The summed E-state index contributed by atoms with van der Waals surface area (Å²) in [6.07, 6.45) is 1.62. The van der Waals surface area contributed by atoms with Crippen molar-refractivity contribution in [3.05, 3.63) is 59.8 Å². The van der Waals surface area contributed by atoms with Crippen LogP contribution < -0.4 is 5.32 Å². The Morgan fingerprint density at radius 3 is 2.62 bits per heavy atom. The fourth-order valence-electron chi connectivity index (χ4n) is 2.60. The Hall–Kier alpha value is -2.25. The second kappa shape index (κ2) is 7.11. The van der Waals surface area contributed by atoms with Crippen LogP contribution in [0, 0.1) is 0 Å². The molecule has 1 N–H and O–H groups in total. The SMILES string of the molecule is O=C(Nc1ccccn1)c1cccc(CN2CCS(=O)(=O)CC2)c1. The number of carbonyl (C=O) groups is 1. The monoisotopic (exact) mass is 345 g/mol. The van der Waals surface area contributed by atoms with E-state index in [0.717, 1.165) is 5.56 Å². The van der Waals surface area contributed by atoms with Crippen molar-refractivity contribution in [3.8, 4) is 0 Å². The van der Waals surface area contributed by atoms with Crippen LogP contribution in [0.25, 0.3) is 0 Å². The summed E-state index contributed by atoms with van der Waals surface area (Å²) in [6, 6.07) is 12.7. The Kier molecular flexibility index (Phi) is 4.92. The van der Waals surface area contributed by atoms with E-state index in [0.29, 0.717) is 31.0 Å². The summed E-state index contributed by atoms with van der Waals surface area (Å²) in [6.45, 7) is 1.71. The predicted molar refractivity (Wildman–Crippen MR) is 92.6 cm³/mol. The molecule has 24 heavy (non-hydrogen) atoms. The number of hydrogen-bond acceptors (Lipinski definition) is 5. The first kappa shape index (κ1) is 16.6. The van der Waals surface area contributed by atoms with Crippen LogP contribution in [0.1, 0.15) is 15.9 Å². The summed E-state index contributed by atoms with van der Waals surface area (Å²) < 4.78 is 23.0. The number of benzene rings is 1. The fourth-order valence-corrected chi connectivity index (χ4v) is 3.88. The zero-order valence-corrected chi connectivity index (χ0v) is 14.0. The average Bonchev–Trinajstić information content (AvgIpc) is 2.58. The summed E-state index contributed by atoms with van der Waals surface area (Å²) in [4.78, 5) is 18.5. The molecule has 0 bridgehead atoms. The number of aromatic nitrogens is 1. The fraction of sp³-hybridized carbons (Fsp3) is 0.294. The molecule has 7 heteroatoms. The van der Waals surface area contributed by atoms with Gasteiger partial charge in [0.1, 0.15) is 5.82 Å². The number of anilines is 1. The first-order valence-corrected chi connectivity index (χ1v) is 9.58. The molecule has 6 nitrogen and oxygen atoms in total. The van der Waals surface area contributed by atoms with E-state index in [1.807, 2.05) is 24.3 Å². The normalized spacial score (nSPS) is 17.3. The van der Waals surface area contributed by atoms with Crippen molar-refractivity contribution in [1.29, 1.82) is 0 Å². The molecule has 0 atom stereocenters. The number of pyridine rings is 1. The number of nitrogens with one attached hydrogen (secondary N) is 1. The van der Waals surface area contributed by atoms with Crippen molar-refractivity contribution in [1.82, 2.24) is 9.88 Å². The van der Waals surface area contributed by atoms with Gasteiger partial charge in [-0.15, -0.1) is 0 Å². The first-order chi connectivity index (χ1) is 11.5. The highest BCUT2D eigenvalue weighted by molar-refractivity contribution is 7.91. The molecule has 0 aliphatic carbocycles. The molecular formula is C17H19N3O3S. The van der Waals surface area contributed by atoms with Crippen LogP contribution in [0.3, 0.4) is 0 Å². The zero-order chi connectivity index (χ0) is 17.0. The maximum absolute atomic E-state index is 12.3. The predicted octanol–water partition coefficient (Wildman–Crippen LogP) is 1.56. The number of rotatable bonds is 4. The van der Waals surface area contributed by atoms with Crippen LogP contribution in [0.5, 0.6) is 0 Å². The minimum absolute atomic E-state index is 0.201. The lowest BCUT2D eigenvalue weighted by molar-refractivity contribution is 0.102. The van der Waals surface area contributed by atoms with Gasteiger partial charge in [-0.25, -0.2) is 13.4 Å². The largest absolute Gasteiger partial charge is 0.307 e. The third kappa shape index (κ3) is 4.39. The quantitative estimate of drug-likeness (QED) is 0.910. The highest BCUT2D eigenvalue weighted by Gasteiger charge is 2.21. The Morgan fingerprint density at radius 1 is 1.12 bits per heavy atom. The minimum atomic E-state index is -2.88. The van der Waals surface area contributed by atoms with Gasteiger partial charge < -0.3 is 5.32 Å². The van der Waals surface area contributed by atoms with Crippen molar-refractivity contribution in [2.45, 2.75) is 6.54 Å². The lowest BCUT2D eigenvalue weighted by atomic mass is 10.1. The summed E-state index contributed by atoms with van der Waals surface area (Å²) in [5, 5.41) is 2.76. The number of sulfone groups is 1. The molecule has 2 heterocycles. The van der Waals surface area contributed by atoms with E-state index >= 15 is 0 Å². The summed E-state index contributed by atoms with van der Waals surface area (Å²) >= 11 is 0. The zero-order valence-electron chi connectivity index (χ0n) is 13.2. The van der Waals surface area contributed by atoms with Crippen LogP contribution in [0.15, 0.2) is 48.7 Å². The van der Waals surface area contributed by atoms with Gasteiger partial charge in [0.05, 0.1) is 11.5 Å². The molecule has 1 aromatic carbocycles. The summed E-state index contributed by atoms with van der Waals surface area (Å²) in [7, 11) is -2.88. The molecule has 0 saturated carbocycles. The Labute approximate surface area is 141 Å². The van der Waals surface area contributed by atoms with E-state index in [4.69, 9.17) is 0 Å². The molecule has 1 fully saturated rings. The second-order valence-corrected chi connectivity index (χ2v) is 8.10. The number of nitrogens with zero attached hydrogens (tertiary/aromatic N) is 2. The third-order valence-electron chi connectivity index (χ3n) is 3.94. The molecule has 0 spiro atoms. The molecule has 1 aromatic heterocycles. The van der Waals surface area contributed by atoms with Gasteiger partial charge in [-0.2, -0.15) is 0 Å². The van der Waals surface area contributed by atoms with E-state index < -0.39 is 9.84 Å². The number of amides is 1. The number of hydrogen-bond donors (Lipinski definition) is 1. The average molecular weight is 345 g/mol. The molecule has 0 unspecified atom stereocenters. The van der Waals surface area contributed by atoms with Gasteiger partial charge in [-0.1, -0.05) is 18.2 Å². The van der Waals surface area contributed by atoms with Crippen LogP contribution in [0.4, 0.5) is 5.82 Å². The van der Waals surface area contributed by atoms with Gasteiger partial charge in [0.15, 0.2) is 9.84 Å². The van der Waals surface area contributed by atoms with Gasteiger partial charge in [0.2, 0.25) is 0 Å². The Morgan fingerprint density at radius 2 is 1.92 bits per heavy atom. The molecule has 1 amide bonds. The standard InChI is InChI=1S/C17H19N3O3S/c21-17(19-16-6-1-2-7-18-16)15-5-3-4-14(12-15)13-20-8-10-24(22,23)11-9-20/h1-7,12H,8-11,13H2,(H,18,19,21). The molecule has 1 aliphatic heterocycles. The van der Waals surface area contributed by atoms with E-state index in [1.54, 1.807) is 24.4 Å². The van der Waals surface area contributed by atoms with Crippen LogP contribution in [-0.4, -0.2) is 48.8 Å². The van der Waals surface area contributed by atoms with Gasteiger partial charge in [-0.05, 0) is 29.8 Å². The Bertz CT molecular complexity index is 808. The lowest BCUT2D eigenvalue weighted by Crippen LogP contribution is -2.39. The highest BCUT2D eigenvalue weighted by atomic mass is 32.2. The van der Waals surface area contributed by atoms with Crippen molar-refractivity contribution < 1.29 is 13.2 Å². The van der Waals surface area contributed by atoms with Crippen LogP contribution in [0.2, 0.25) is 0 Å². The topological polar surface area (TPSA) is 79.4 Å². The Balaban J connectivity index is 1.65. The van der Waals surface area contributed by atoms with Crippen molar-refractivity contribution >= 4 is 21.6 Å². The van der Waals surface area contributed by atoms with Gasteiger partial charge in [0, 0.05) is 31.4 Å². The van der Waals surface area contributed by atoms with Crippen molar-refractivity contribution in [3.63, 3.8) is 0 Å². The molecule has 1 saturated heterocycles. The number of carbonyl (C=O) groups excluding carboxylic acids is 1. The van der Waals surface area contributed by atoms with Crippen molar-refractivity contribution in [2.24, 2.45) is 0 Å². The van der Waals surface area contributed by atoms with Crippen molar-refractivity contribution in [2.75, 3.05) is 29.9 Å². The maximum atomic E-state index is 12.3. The maximum Gasteiger partial charge on any atom is 0.256 e. The molecule has 126 valence electrons. The summed E-state index contributed by atoms with van der Waals surface area (Å²) in [5.41, 5.74) is 1.55. The molecule has 1 aliphatic rings. The summed E-state index contributed by atoms with van der Waals surface area (Å²) in [5.74, 6) is 0.700. The van der Waals surface area contributed by atoms with Crippen LogP contribution >= 0.6 is 0 Å². The first-order valence-electron chi connectivity index (χ1n) is 7.76. The van der Waals surface area contributed by atoms with E-state index in [9.17, 15) is 13.2 Å². The van der Waals surface area contributed by atoms with Gasteiger partial charge in [-0.3, -0.25) is 9.69 Å². The molecule has 2 aromatic rings. The smallest absolute Gasteiger partial charge is 0.256 e. The molecular weight excluding hydrogens is 326 g/mol. The van der Waals surface area contributed by atoms with E-state index in [2.05, 4.69) is 15.2 Å². The van der Waals surface area contributed by atoms with Gasteiger partial charge in [0.25, 0.3) is 5.91 Å². The van der Waals surface area contributed by atoms with E-state index in [-0.39, 0.29) is 17.4 Å². The second-order valence-electron chi connectivity index (χ2n) is 5.80.